The zero-order valence-electron chi connectivity index (χ0n) is 8.32. The van der Waals surface area contributed by atoms with Crippen LogP contribution in [0.3, 0.4) is 0 Å². The maximum Gasteiger partial charge on any atom is 0.257 e. The molecule has 0 aliphatic rings. The van der Waals surface area contributed by atoms with Gasteiger partial charge in [-0.2, -0.15) is 0 Å². The van der Waals surface area contributed by atoms with E-state index in [1.807, 2.05) is 0 Å². The summed E-state index contributed by atoms with van der Waals surface area (Å²) in [5.74, 6) is 0. The molecule has 0 saturated heterocycles. The third-order valence-electron chi connectivity index (χ3n) is 1.62. The van der Waals surface area contributed by atoms with E-state index in [0.717, 1.165) is 0 Å². The van der Waals surface area contributed by atoms with Crippen molar-refractivity contribution in [1.82, 2.24) is 4.65 Å². The van der Waals surface area contributed by atoms with Crippen molar-refractivity contribution in [2.75, 3.05) is 14.2 Å². The van der Waals surface area contributed by atoms with Crippen LogP contribution < -0.4 is 4.65 Å². The minimum atomic E-state index is -1.65. The van der Waals surface area contributed by atoms with Crippen LogP contribution in [-0.4, -0.2) is 31.2 Å². The van der Waals surface area contributed by atoms with Gasteiger partial charge in [-0.15, -0.1) is 0 Å². The Kier molecular flexibility index (Phi) is 3.92. The van der Waals surface area contributed by atoms with Gasteiger partial charge in [0, 0.05) is 14.2 Å². The molecule has 0 fully saturated rings. The van der Waals surface area contributed by atoms with Crippen molar-refractivity contribution in [1.29, 1.82) is 0 Å². The van der Waals surface area contributed by atoms with Crippen molar-refractivity contribution >= 4 is 17.0 Å². The third kappa shape index (κ3) is 4.70. The fraction of sp³-hybridized carbons (Fsp3) is 1.00. The summed E-state index contributed by atoms with van der Waals surface area (Å²) in [5, 5.41) is 0. The van der Waals surface area contributed by atoms with Gasteiger partial charge in [-0.1, -0.05) is 0 Å². The molecule has 5 heteroatoms. The normalized spacial score (nSPS) is 13.6. The van der Waals surface area contributed by atoms with Gasteiger partial charge in [0.15, 0.2) is 0 Å². The van der Waals surface area contributed by atoms with Crippen LogP contribution >= 0.6 is 0 Å². The van der Waals surface area contributed by atoms with E-state index in [-0.39, 0.29) is 0 Å². The molecule has 0 atom stereocenters. The SMILES string of the molecule is CO[Si](C)(C)N[Si](C)(C)OC. The maximum absolute atomic E-state index is 5.36. The lowest BCUT2D eigenvalue weighted by molar-refractivity contribution is 0.373. The van der Waals surface area contributed by atoms with Gasteiger partial charge in [-0.25, -0.2) is 0 Å². The molecule has 0 aromatic heterocycles. The summed E-state index contributed by atoms with van der Waals surface area (Å²) in [7, 11) is 0.205. The number of hydrogen-bond donors (Lipinski definition) is 1. The summed E-state index contributed by atoms with van der Waals surface area (Å²) in [4.78, 5) is 0. The minimum absolute atomic E-state index is 1.65. The Bertz CT molecular complexity index is 114. The highest BCUT2D eigenvalue weighted by atomic mass is 28.4. The van der Waals surface area contributed by atoms with Crippen LogP contribution in [0.4, 0.5) is 0 Å². The topological polar surface area (TPSA) is 30.5 Å². The molecule has 0 heterocycles. The van der Waals surface area contributed by atoms with E-state index in [1.54, 1.807) is 14.2 Å². The molecule has 11 heavy (non-hydrogen) atoms. The minimum Gasteiger partial charge on any atom is -0.407 e. The smallest absolute Gasteiger partial charge is 0.257 e. The van der Waals surface area contributed by atoms with Crippen LogP contribution in [0.25, 0.3) is 0 Å². The van der Waals surface area contributed by atoms with Crippen LogP contribution in [0, 0.1) is 0 Å². The molecule has 0 aromatic rings. The lowest BCUT2D eigenvalue weighted by Crippen LogP contribution is -2.61. The summed E-state index contributed by atoms with van der Waals surface area (Å²) in [6, 6.07) is 0. The maximum atomic E-state index is 5.36. The van der Waals surface area contributed by atoms with Crippen molar-refractivity contribution in [3.05, 3.63) is 0 Å². The molecule has 0 aliphatic carbocycles. The van der Waals surface area contributed by atoms with Crippen LogP contribution in [0.1, 0.15) is 0 Å². The second kappa shape index (κ2) is 3.82. The second-order valence-electron chi connectivity index (χ2n) is 3.55. The lowest BCUT2D eigenvalue weighted by Gasteiger charge is -2.31. The fourth-order valence-corrected chi connectivity index (χ4v) is 7.44. The summed E-state index contributed by atoms with van der Waals surface area (Å²) >= 11 is 0. The molecule has 68 valence electrons. The standard InChI is InChI=1S/C6H19NO2Si2/c1-8-10(3,4)7-11(5,6)9-2/h7H,1-6H3. The summed E-state index contributed by atoms with van der Waals surface area (Å²) in [5.41, 5.74) is 0. The van der Waals surface area contributed by atoms with E-state index in [0.29, 0.717) is 0 Å². The quantitative estimate of drug-likeness (QED) is 0.682. The van der Waals surface area contributed by atoms with E-state index in [2.05, 4.69) is 30.8 Å². The summed E-state index contributed by atoms with van der Waals surface area (Å²) < 4.78 is 14.2. The Morgan fingerprint density at radius 1 is 0.818 bits per heavy atom. The van der Waals surface area contributed by atoms with Gasteiger partial charge < -0.3 is 13.5 Å². The molecule has 1 N–H and O–H groups in total. The van der Waals surface area contributed by atoms with E-state index >= 15 is 0 Å². The van der Waals surface area contributed by atoms with E-state index < -0.39 is 17.0 Å². The first-order valence-corrected chi connectivity index (χ1v) is 9.54. The zero-order valence-corrected chi connectivity index (χ0v) is 10.3. The second-order valence-corrected chi connectivity index (χ2v) is 11.4. The van der Waals surface area contributed by atoms with Crippen molar-refractivity contribution in [3.63, 3.8) is 0 Å². The van der Waals surface area contributed by atoms with Crippen molar-refractivity contribution in [3.8, 4) is 0 Å². The Labute approximate surface area is 71.5 Å². The van der Waals surface area contributed by atoms with Crippen LogP contribution in [-0.2, 0) is 8.85 Å². The monoisotopic (exact) mass is 193 g/mol. The molecule has 0 spiro atoms. The average molecular weight is 193 g/mol. The molecule has 0 bridgehead atoms. The molecule has 0 rings (SSSR count). The average Bonchev–Trinajstić information content (AvgIpc) is 1.86. The zero-order chi connectivity index (χ0) is 9.12. The van der Waals surface area contributed by atoms with Crippen molar-refractivity contribution < 1.29 is 8.85 Å². The largest absolute Gasteiger partial charge is 0.407 e. The highest BCUT2D eigenvalue weighted by Crippen LogP contribution is 2.05. The Morgan fingerprint density at radius 2 is 1.09 bits per heavy atom. The van der Waals surface area contributed by atoms with Crippen LogP contribution in [0.2, 0.25) is 26.2 Å². The van der Waals surface area contributed by atoms with Gasteiger partial charge in [0.05, 0.1) is 0 Å². The predicted molar refractivity (Wildman–Crippen MR) is 52.1 cm³/mol. The lowest BCUT2D eigenvalue weighted by atomic mass is 11.8. The Balaban J connectivity index is 4.02. The van der Waals surface area contributed by atoms with Gasteiger partial charge in [0.25, 0.3) is 17.0 Å². The predicted octanol–water partition coefficient (Wildman–Crippen LogP) is 1.27. The van der Waals surface area contributed by atoms with Gasteiger partial charge in [-0.3, -0.25) is 0 Å². The first-order valence-electron chi connectivity index (χ1n) is 3.72. The molecule has 0 radical (unpaired) electrons. The Hall–Kier alpha value is 0.314. The van der Waals surface area contributed by atoms with Gasteiger partial charge >= 0.3 is 0 Å². The molecule has 0 amide bonds. The van der Waals surface area contributed by atoms with Gasteiger partial charge in [0.2, 0.25) is 0 Å². The molecular weight excluding hydrogens is 174 g/mol. The molecule has 0 aromatic carbocycles. The van der Waals surface area contributed by atoms with Gasteiger partial charge in [-0.05, 0) is 26.2 Å². The van der Waals surface area contributed by atoms with Crippen LogP contribution in [0.5, 0.6) is 0 Å². The molecule has 0 saturated carbocycles. The van der Waals surface area contributed by atoms with E-state index in [4.69, 9.17) is 8.85 Å². The van der Waals surface area contributed by atoms with Crippen LogP contribution in [0.15, 0.2) is 0 Å². The molecule has 3 nitrogen and oxygen atoms in total. The number of hydrogen-bond acceptors (Lipinski definition) is 3. The molecule has 0 unspecified atom stereocenters. The number of nitrogens with one attached hydrogen (secondary N) is 1. The number of rotatable bonds is 4. The fourth-order valence-electron chi connectivity index (χ4n) is 0.827. The first-order chi connectivity index (χ1) is 4.83. The van der Waals surface area contributed by atoms with Crippen molar-refractivity contribution in [2.45, 2.75) is 26.2 Å². The molecular formula is C6H19NO2Si2. The summed E-state index contributed by atoms with van der Waals surface area (Å²) in [6.07, 6.45) is 0. The highest BCUT2D eigenvalue weighted by molar-refractivity contribution is 6.85. The summed E-state index contributed by atoms with van der Waals surface area (Å²) in [6.45, 7) is 8.50. The van der Waals surface area contributed by atoms with Gasteiger partial charge in [0.1, 0.15) is 0 Å². The molecule has 0 aliphatic heterocycles. The Morgan fingerprint density at radius 3 is 1.27 bits per heavy atom. The van der Waals surface area contributed by atoms with E-state index in [9.17, 15) is 0 Å². The highest BCUT2D eigenvalue weighted by Gasteiger charge is 2.32. The first kappa shape index (κ1) is 11.3. The van der Waals surface area contributed by atoms with E-state index in [1.165, 1.54) is 0 Å². The van der Waals surface area contributed by atoms with Crippen molar-refractivity contribution in [2.24, 2.45) is 0 Å². The third-order valence-corrected chi connectivity index (χ3v) is 8.48.